The lowest BCUT2D eigenvalue weighted by atomic mass is 9.93. The fraction of sp³-hybridized carbons (Fsp3) is 0.391. The maximum Gasteiger partial charge on any atom is 0.190 e. The second kappa shape index (κ2) is 6.83. The minimum absolute atomic E-state index is 0.166. The van der Waals surface area contributed by atoms with Crippen molar-refractivity contribution in [3.05, 3.63) is 58.8 Å². The standard InChI is InChI=1S/C23H25N3O/c1-14-9-23-19(10-22(14)24-4)21(20-12-25-11-15(2)16(20)3)13-26(23)17-5-7-18(27)8-6-17/h9-13,17-18,27H,5-8H2,1-3H3. The third-order valence-corrected chi connectivity index (χ3v) is 6.09. The Bertz CT molecular complexity index is 1050. The lowest BCUT2D eigenvalue weighted by Crippen LogP contribution is -2.20. The first-order valence-corrected chi connectivity index (χ1v) is 9.62. The van der Waals surface area contributed by atoms with E-state index in [0.29, 0.717) is 11.7 Å². The Balaban J connectivity index is 1.96. The van der Waals surface area contributed by atoms with Gasteiger partial charge in [-0.05, 0) is 80.7 Å². The summed E-state index contributed by atoms with van der Waals surface area (Å²) in [4.78, 5) is 8.14. The summed E-state index contributed by atoms with van der Waals surface area (Å²) < 4.78 is 2.37. The van der Waals surface area contributed by atoms with Crippen molar-refractivity contribution in [3.63, 3.8) is 0 Å². The van der Waals surface area contributed by atoms with E-state index >= 15 is 0 Å². The van der Waals surface area contributed by atoms with E-state index in [-0.39, 0.29) is 6.10 Å². The number of benzene rings is 1. The van der Waals surface area contributed by atoms with Gasteiger partial charge in [-0.15, -0.1) is 0 Å². The Morgan fingerprint density at radius 1 is 1.04 bits per heavy atom. The summed E-state index contributed by atoms with van der Waals surface area (Å²) in [5.74, 6) is 0. The smallest absolute Gasteiger partial charge is 0.190 e. The van der Waals surface area contributed by atoms with Crippen molar-refractivity contribution < 1.29 is 5.11 Å². The molecule has 1 aromatic carbocycles. The number of aromatic nitrogens is 2. The molecule has 1 saturated carbocycles. The van der Waals surface area contributed by atoms with Crippen LogP contribution in [0.25, 0.3) is 26.9 Å². The molecule has 0 radical (unpaired) electrons. The fourth-order valence-corrected chi connectivity index (χ4v) is 4.26. The van der Waals surface area contributed by atoms with Crippen molar-refractivity contribution in [3.8, 4) is 11.1 Å². The molecule has 2 aromatic heterocycles. The highest BCUT2D eigenvalue weighted by Gasteiger charge is 2.24. The van der Waals surface area contributed by atoms with Crippen molar-refractivity contribution in [2.45, 2.75) is 58.6 Å². The van der Waals surface area contributed by atoms with Gasteiger partial charge in [-0.1, -0.05) is 0 Å². The van der Waals surface area contributed by atoms with Crippen LogP contribution in [0.4, 0.5) is 5.69 Å². The molecule has 0 spiro atoms. The zero-order valence-corrected chi connectivity index (χ0v) is 16.2. The van der Waals surface area contributed by atoms with E-state index in [1.807, 2.05) is 25.4 Å². The van der Waals surface area contributed by atoms with E-state index in [0.717, 1.165) is 47.8 Å². The molecule has 0 amide bonds. The van der Waals surface area contributed by atoms with E-state index in [1.165, 1.54) is 16.6 Å². The van der Waals surface area contributed by atoms with Crippen LogP contribution in [0.15, 0.2) is 30.7 Å². The second-order valence-corrected chi connectivity index (χ2v) is 7.81. The average molecular weight is 359 g/mol. The molecule has 4 rings (SSSR count). The zero-order valence-electron chi connectivity index (χ0n) is 16.2. The Morgan fingerprint density at radius 2 is 1.78 bits per heavy atom. The molecule has 1 fully saturated rings. The van der Waals surface area contributed by atoms with E-state index in [9.17, 15) is 5.11 Å². The van der Waals surface area contributed by atoms with Gasteiger partial charge in [0.1, 0.15) is 0 Å². The Hall–Kier alpha value is -2.64. The summed E-state index contributed by atoms with van der Waals surface area (Å²) in [5, 5.41) is 11.0. The van der Waals surface area contributed by atoms with E-state index < -0.39 is 0 Å². The maximum absolute atomic E-state index is 9.90. The number of nitrogens with zero attached hydrogens (tertiary/aromatic N) is 3. The van der Waals surface area contributed by atoms with Crippen LogP contribution in [0.3, 0.4) is 0 Å². The molecule has 1 N–H and O–H groups in total. The number of hydrogen-bond donors (Lipinski definition) is 1. The minimum Gasteiger partial charge on any atom is -0.393 e. The zero-order chi connectivity index (χ0) is 19.1. The predicted molar refractivity (Wildman–Crippen MR) is 109 cm³/mol. The number of hydrogen-bond acceptors (Lipinski definition) is 2. The molecule has 1 aliphatic rings. The Morgan fingerprint density at radius 3 is 2.48 bits per heavy atom. The lowest BCUT2D eigenvalue weighted by molar-refractivity contribution is 0.111. The Kier molecular flexibility index (Phi) is 4.49. The topological polar surface area (TPSA) is 42.4 Å². The predicted octanol–water partition coefficient (Wildman–Crippen LogP) is 5.66. The molecular weight excluding hydrogens is 334 g/mol. The maximum atomic E-state index is 9.90. The summed E-state index contributed by atoms with van der Waals surface area (Å²) in [6.45, 7) is 13.7. The van der Waals surface area contributed by atoms with Crippen LogP contribution in [0.2, 0.25) is 0 Å². The number of aliphatic hydroxyl groups excluding tert-OH is 1. The molecule has 0 bridgehead atoms. The molecule has 138 valence electrons. The first-order valence-electron chi connectivity index (χ1n) is 9.62. The van der Waals surface area contributed by atoms with E-state index in [1.54, 1.807) is 0 Å². The summed E-state index contributed by atoms with van der Waals surface area (Å²) in [5.41, 5.74) is 7.58. The van der Waals surface area contributed by atoms with Crippen LogP contribution in [0.5, 0.6) is 0 Å². The van der Waals surface area contributed by atoms with Crippen molar-refractivity contribution in [1.29, 1.82) is 0 Å². The highest BCUT2D eigenvalue weighted by atomic mass is 16.3. The van der Waals surface area contributed by atoms with Crippen LogP contribution >= 0.6 is 0 Å². The summed E-state index contributed by atoms with van der Waals surface area (Å²) in [7, 11) is 0. The van der Waals surface area contributed by atoms with Gasteiger partial charge in [0, 0.05) is 41.3 Å². The molecule has 4 heteroatoms. The molecule has 0 aliphatic heterocycles. The van der Waals surface area contributed by atoms with Crippen LogP contribution in [0, 0.1) is 27.3 Å². The number of aliphatic hydroxyl groups is 1. The molecular formula is C23H25N3O. The van der Waals surface area contributed by atoms with E-state index in [4.69, 9.17) is 6.57 Å². The fourth-order valence-electron chi connectivity index (χ4n) is 4.26. The monoisotopic (exact) mass is 359 g/mol. The minimum atomic E-state index is -0.166. The van der Waals surface area contributed by atoms with Crippen LogP contribution in [0.1, 0.15) is 48.4 Å². The summed E-state index contributed by atoms with van der Waals surface area (Å²) >= 11 is 0. The van der Waals surface area contributed by atoms with Crippen molar-refractivity contribution in [2.24, 2.45) is 0 Å². The molecule has 0 saturated heterocycles. The molecule has 27 heavy (non-hydrogen) atoms. The van der Waals surface area contributed by atoms with E-state index in [2.05, 4.69) is 40.5 Å². The van der Waals surface area contributed by atoms with Gasteiger partial charge in [-0.25, -0.2) is 4.85 Å². The quantitative estimate of drug-likeness (QED) is 0.600. The van der Waals surface area contributed by atoms with Gasteiger partial charge >= 0.3 is 0 Å². The number of aryl methyl sites for hydroxylation is 2. The van der Waals surface area contributed by atoms with Gasteiger partial charge in [0.2, 0.25) is 0 Å². The van der Waals surface area contributed by atoms with Crippen molar-refractivity contribution >= 4 is 16.6 Å². The highest BCUT2D eigenvalue weighted by molar-refractivity contribution is 5.99. The summed E-state index contributed by atoms with van der Waals surface area (Å²) in [6.07, 6.45) is 9.58. The molecule has 0 unspecified atom stereocenters. The molecule has 0 atom stereocenters. The number of fused-ring (bicyclic) bond motifs is 1. The molecule has 1 aliphatic carbocycles. The SMILES string of the molecule is [C-]#[N+]c1cc2c(-c3cncc(C)c3C)cn(C3CCC(O)CC3)c2cc1C. The van der Waals surface area contributed by atoms with Crippen LogP contribution in [-0.2, 0) is 0 Å². The molecule has 3 aromatic rings. The third-order valence-electron chi connectivity index (χ3n) is 6.09. The van der Waals surface area contributed by atoms with Gasteiger partial charge in [0.15, 0.2) is 5.69 Å². The first kappa shape index (κ1) is 17.8. The molecule has 4 nitrogen and oxygen atoms in total. The summed E-state index contributed by atoms with van der Waals surface area (Å²) in [6, 6.07) is 4.57. The van der Waals surface area contributed by atoms with Crippen molar-refractivity contribution in [2.75, 3.05) is 0 Å². The first-order chi connectivity index (χ1) is 13.0. The van der Waals surface area contributed by atoms with Gasteiger partial charge in [0.05, 0.1) is 12.7 Å². The highest BCUT2D eigenvalue weighted by Crippen LogP contribution is 2.40. The molecule has 2 heterocycles. The van der Waals surface area contributed by atoms with Gasteiger partial charge in [-0.3, -0.25) is 4.98 Å². The van der Waals surface area contributed by atoms with Gasteiger partial charge < -0.3 is 9.67 Å². The average Bonchev–Trinajstić information content (AvgIpc) is 3.02. The normalized spacial score (nSPS) is 20.0. The van der Waals surface area contributed by atoms with Gasteiger partial charge in [-0.2, -0.15) is 0 Å². The van der Waals surface area contributed by atoms with Gasteiger partial charge in [0.25, 0.3) is 0 Å². The largest absolute Gasteiger partial charge is 0.393 e. The number of rotatable bonds is 2. The Labute approximate surface area is 160 Å². The number of pyridine rings is 1. The second-order valence-electron chi connectivity index (χ2n) is 7.81. The van der Waals surface area contributed by atoms with Crippen molar-refractivity contribution in [1.82, 2.24) is 9.55 Å². The lowest BCUT2D eigenvalue weighted by Gasteiger charge is -2.27. The third kappa shape index (κ3) is 3.02. The van der Waals surface area contributed by atoms with Crippen LogP contribution in [-0.4, -0.2) is 20.8 Å². The van der Waals surface area contributed by atoms with Crippen LogP contribution < -0.4 is 0 Å².